The molecule has 1 atom stereocenters. The van der Waals surface area contributed by atoms with Crippen LogP contribution in [-0.2, 0) is 11.3 Å². The summed E-state index contributed by atoms with van der Waals surface area (Å²) in [5, 5.41) is 4.57. The average Bonchev–Trinajstić information content (AvgIpc) is 2.81. The van der Waals surface area contributed by atoms with Crippen LogP contribution in [0.2, 0.25) is 0 Å². The number of hydrogen-bond acceptors (Lipinski definition) is 4. The number of furan rings is 1. The van der Waals surface area contributed by atoms with Crippen molar-refractivity contribution in [1.82, 2.24) is 10.2 Å². The van der Waals surface area contributed by atoms with Crippen molar-refractivity contribution in [2.75, 3.05) is 33.3 Å². The first-order valence-corrected chi connectivity index (χ1v) is 6.79. The molecular formula is C15H20N2O2. The fourth-order valence-electron chi connectivity index (χ4n) is 2.47. The summed E-state index contributed by atoms with van der Waals surface area (Å²) in [6.45, 7) is 4.46. The fourth-order valence-corrected chi connectivity index (χ4v) is 2.47. The van der Waals surface area contributed by atoms with Crippen LogP contribution in [0.5, 0.6) is 0 Å². The van der Waals surface area contributed by atoms with Gasteiger partial charge in [-0.15, -0.1) is 0 Å². The SMILES string of the molecule is CN1CCO[C@@H](CNCc2cc3ccccc3o2)C1. The molecule has 0 saturated carbocycles. The highest BCUT2D eigenvalue weighted by Crippen LogP contribution is 2.18. The Balaban J connectivity index is 1.51. The molecule has 1 aliphatic heterocycles. The molecular weight excluding hydrogens is 240 g/mol. The van der Waals surface area contributed by atoms with Crippen molar-refractivity contribution in [3.05, 3.63) is 36.1 Å². The molecule has 19 heavy (non-hydrogen) atoms. The quantitative estimate of drug-likeness (QED) is 0.910. The Bertz CT molecular complexity index is 505. The van der Waals surface area contributed by atoms with E-state index < -0.39 is 0 Å². The first kappa shape index (κ1) is 12.7. The highest BCUT2D eigenvalue weighted by Gasteiger charge is 2.17. The van der Waals surface area contributed by atoms with E-state index in [1.807, 2.05) is 18.2 Å². The molecule has 0 spiro atoms. The molecule has 3 rings (SSSR count). The lowest BCUT2D eigenvalue weighted by Gasteiger charge is -2.30. The molecule has 102 valence electrons. The van der Waals surface area contributed by atoms with Crippen molar-refractivity contribution < 1.29 is 9.15 Å². The topological polar surface area (TPSA) is 37.6 Å². The molecule has 2 aromatic rings. The van der Waals surface area contributed by atoms with Gasteiger partial charge in [0.1, 0.15) is 11.3 Å². The molecule has 0 bridgehead atoms. The number of rotatable bonds is 4. The van der Waals surface area contributed by atoms with Gasteiger partial charge in [-0.3, -0.25) is 0 Å². The highest BCUT2D eigenvalue weighted by atomic mass is 16.5. The van der Waals surface area contributed by atoms with Crippen molar-refractivity contribution in [1.29, 1.82) is 0 Å². The molecule has 4 nitrogen and oxygen atoms in total. The number of ether oxygens (including phenoxy) is 1. The highest BCUT2D eigenvalue weighted by molar-refractivity contribution is 5.77. The summed E-state index contributed by atoms with van der Waals surface area (Å²) >= 11 is 0. The zero-order valence-corrected chi connectivity index (χ0v) is 11.3. The molecule has 1 saturated heterocycles. The summed E-state index contributed by atoms with van der Waals surface area (Å²) in [4.78, 5) is 2.30. The molecule has 1 aromatic heterocycles. The molecule has 1 aromatic carbocycles. The van der Waals surface area contributed by atoms with E-state index in [4.69, 9.17) is 9.15 Å². The molecule has 0 amide bonds. The van der Waals surface area contributed by atoms with Crippen LogP contribution >= 0.6 is 0 Å². The van der Waals surface area contributed by atoms with Crippen LogP contribution in [0.4, 0.5) is 0 Å². The van der Waals surface area contributed by atoms with Gasteiger partial charge in [-0.2, -0.15) is 0 Å². The first-order valence-electron chi connectivity index (χ1n) is 6.79. The number of nitrogens with one attached hydrogen (secondary N) is 1. The monoisotopic (exact) mass is 260 g/mol. The van der Waals surface area contributed by atoms with E-state index in [0.717, 1.165) is 49.5 Å². The number of para-hydroxylation sites is 1. The van der Waals surface area contributed by atoms with Crippen LogP contribution < -0.4 is 5.32 Å². The summed E-state index contributed by atoms with van der Waals surface area (Å²) in [7, 11) is 2.13. The van der Waals surface area contributed by atoms with Gasteiger partial charge in [-0.25, -0.2) is 0 Å². The van der Waals surface area contributed by atoms with E-state index in [1.165, 1.54) is 0 Å². The van der Waals surface area contributed by atoms with Crippen LogP contribution in [0.25, 0.3) is 11.0 Å². The number of nitrogens with zero attached hydrogens (tertiary/aromatic N) is 1. The van der Waals surface area contributed by atoms with Gasteiger partial charge in [-0.05, 0) is 19.2 Å². The smallest absolute Gasteiger partial charge is 0.134 e. The molecule has 0 unspecified atom stereocenters. The minimum Gasteiger partial charge on any atom is -0.460 e. The van der Waals surface area contributed by atoms with Crippen molar-refractivity contribution in [3.8, 4) is 0 Å². The van der Waals surface area contributed by atoms with Gasteiger partial charge in [0, 0.05) is 25.0 Å². The van der Waals surface area contributed by atoms with E-state index in [-0.39, 0.29) is 6.10 Å². The summed E-state index contributed by atoms with van der Waals surface area (Å²) in [5.41, 5.74) is 0.952. The van der Waals surface area contributed by atoms with E-state index >= 15 is 0 Å². The molecule has 2 heterocycles. The molecule has 0 aliphatic carbocycles. The maximum Gasteiger partial charge on any atom is 0.134 e. The minimum atomic E-state index is 0.281. The van der Waals surface area contributed by atoms with Gasteiger partial charge in [-0.1, -0.05) is 18.2 Å². The summed E-state index contributed by atoms with van der Waals surface area (Å²) in [5.74, 6) is 0.977. The van der Waals surface area contributed by atoms with E-state index in [9.17, 15) is 0 Å². The van der Waals surface area contributed by atoms with E-state index in [2.05, 4.69) is 29.4 Å². The first-order chi connectivity index (χ1) is 9.31. The average molecular weight is 260 g/mol. The zero-order valence-electron chi connectivity index (χ0n) is 11.3. The van der Waals surface area contributed by atoms with Crippen molar-refractivity contribution in [2.24, 2.45) is 0 Å². The Morgan fingerprint density at radius 1 is 1.37 bits per heavy atom. The van der Waals surface area contributed by atoms with Crippen LogP contribution in [0.15, 0.2) is 34.7 Å². The van der Waals surface area contributed by atoms with Crippen LogP contribution in [-0.4, -0.2) is 44.3 Å². The summed E-state index contributed by atoms with van der Waals surface area (Å²) in [6, 6.07) is 10.2. The Hall–Kier alpha value is -1.36. The van der Waals surface area contributed by atoms with Crippen molar-refractivity contribution in [2.45, 2.75) is 12.6 Å². The second-order valence-electron chi connectivity index (χ2n) is 5.14. The standard InChI is InChI=1S/C15H20N2O2/c1-17-6-7-18-14(11-17)10-16-9-13-8-12-4-2-3-5-15(12)19-13/h2-5,8,14,16H,6-7,9-11H2,1H3/t14-/m0/s1. The molecule has 4 heteroatoms. The normalized spacial score (nSPS) is 21.0. The number of hydrogen-bond donors (Lipinski definition) is 1. The number of fused-ring (bicyclic) bond motifs is 1. The Labute approximate surface area is 113 Å². The number of morpholine rings is 1. The summed E-state index contributed by atoms with van der Waals surface area (Å²) < 4.78 is 11.5. The predicted octanol–water partition coefficient (Wildman–Crippen LogP) is 1.85. The number of benzene rings is 1. The third-order valence-electron chi connectivity index (χ3n) is 3.49. The second kappa shape index (κ2) is 5.74. The molecule has 1 aliphatic rings. The number of likely N-dealkylation sites (N-methyl/N-ethyl adjacent to an activating group) is 1. The minimum absolute atomic E-state index is 0.281. The lowest BCUT2D eigenvalue weighted by atomic mass is 10.2. The van der Waals surface area contributed by atoms with Crippen molar-refractivity contribution >= 4 is 11.0 Å². The predicted molar refractivity (Wildman–Crippen MR) is 75.2 cm³/mol. The fraction of sp³-hybridized carbons (Fsp3) is 0.467. The largest absolute Gasteiger partial charge is 0.460 e. The maximum absolute atomic E-state index is 5.76. The summed E-state index contributed by atoms with van der Waals surface area (Å²) in [6.07, 6.45) is 0.281. The lowest BCUT2D eigenvalue weighted by Crippen LogP contribution is -2.44. The molecule has 1 N–H and O–H groups in total. The van der Waals surface area contributed by atoms with Crippen LogP contribution in [0.1, 0.15) is 5.76 Å². The Kier molecular flexibility index (Phi) is 3.82. The van der Waals surface area contributed by atoms with Crippen molar-refractivity contribution in [3.63, 3.8) is 0 Å². The Morgan fingerprint density at radius 3 is 3.11 bits per heavy atom. The zero-order chi connectivity index (χ0) is 13.1. The maximum atomic E-state index is 5.76. The van der Waals surface area contributed by atoms with Crippen LogP contribution in [0.3, 0.4) is 0 Å². The van der Waals surface area contributed by atoms with Gasteiger partial charge in [0.05, 0.1) is 19.3 Å². The third kappa shape index (κ3) is 3.15. The van der Waals surface area contributed by atoms with Crippen LogP contribution in [0, 0.1) is 0 Å². The van der Waals surface area contributed by atoms with Gasteiger partial charge in [0.2, 0.25) is 0 Å². The van der Waals surface area contributed by atoms with Gasteiger partial charge in [0.25, 0.3) is 0 Å². The third-order valence-corrected chi connectivity index (χ3v) is 3.49. The second-order valence-corrected chi connectivity index (χ2v) is 5.14. The molecule has 1 fully saturated rings. The van der Waals surface area contributed by atoms with E-state index in [0.29, 0.717) is 0 Å². The lowest BCUT2D eigenvalue weighted by molar-refractivity contribution is -0.0183. The molecule has 0 radical (unpaired) electrons. The Morgan fingerprint density at radius 2 is 2.26 bits per heavy atom. The van der Waals surface area contributed by atoms with Gasteiger partial charge >= 0.3 is 0 Å². The van der Waals surface area contributed by atoms with Gasteiger partial charge in [0.15, 0.2) is 0 Å². The van der Waals surface area contributed by atoms with E-state index in [1.54, 1.807) is 0 Å². The van der Waals surface area contributed by atoms with Gasteiger partial charge < -0.3 is 19.4 Å².